The molecule has 0 unspecified atom stereocenters. The number of anilines is 1. The fraction of sp³-hybridized carbons (Fsp3) is 0.320. The molecule has 3 aromatic rings. The molecule has 0 radical (unpaired) electrons. The zero-order valence-electron chi connectivity index (χ0n) is 19.4. The van der Waals surface area contributed by atoms with E-state index in [2.05, 4.69) is 18.7 Å². The minimum Gasteiger partial charge on any atom is -0.353 e. The number of nitro groups is 1. The van der Waals surface area contributed by atoms with Crippen LogP contribution in [0, 0.1) is 17.0 Å². The van der Waals surface area contributed by atoms with E-state index in [-0.39, 0.29) is 28.1 Å². The molecule has 0 bridgehead atoms. The second-order valence-electron chi connectivity index (χ2n) is 8.59. The summed E-state index contributed by atoms with van der Waals surface area (Å²) < 4.78 is 0. The molecule has 0 aliphatic carbocycles. The van der Waals surface area contributed by atoms with E-state index in [4.69, 9.17) is 21.6 Å². The molecule has 0 saturated carbocycles. The quantitative estimate of drug-likeness (QED) is 0.373. The molecule has 2 aromatic carbocycles. The number of non-ortho nitro benzene ring substituents is 1. The first-order valence-electron chi connectivity index (χ1n) is 11.2. The van der Waals surface area contributed by atoms with Crippen LogP contribution in [0.2, 0.25) is 5.02 Å². The zero-order chi connectivity index (χ0) is 24.4. The van der Waals surface area contributed by atoms with E-state index >= 15 is 0 Å². The predicted molar refractivity (Wildman–Crippen MR) is 133 cm³/mol. The Morgan fingerprint density at radius 3 is 2.32 bits per heavy atom. The van der Waals surface area contributed by atoms with E-state index in [1.807, 2.05) is 37.3 Å². The Kier molecular flexibility index (Phi) is 6.79. The average Bonchev–Trinajstić information content (AvgIpc) is 2.83. The first kappa shape index (κ1) is 23.6. The highest BCUT2D eigenvalue weighted by molar-refractivity contribution is 6.34. The molecule has 4 rings (SSSR count). The Labute approximate surface area is 203 Å². The Bertz CT molecular complexity index is 1220. The van der Waals surface area contributed by atoms with Crippen LogP contribution in [0.5, 0.6) is 0 Å². The zero-order valence-corrected chi connectivity index (χ0v) is 20.1. The van der Waals surface area contributed by atoms with Crippen molar-refractivity contribution in [1.82, 2.24) is 14.9 Å². The first-order valence-corrected chi connectivity index (χ1v) is 11.6. The Morgan fingerprint density at radius 1 is 1.06 bits per heavy atom. The maximum absolute atomic E-state index is 13.0. The maximum Gasteiger partial charge on any atom is 0.270 e. The van der Waals surface area contributed by atoms with Crippen LogP contribution >= 0.6 is 11.6 Å². The van der Waals surface area contributed by atoms with Crippen molar-refractivity contribution in [2.24, 2.45) is 0 Å². The summed E-state index contributed by atoms with van der Waals surface area (Å²) in [5, 5.41) is 11.0. The number of piperazine rings is 1. The Morgan fingerprint density at radius 2 is 1.74 bits per heavy atom. The smallest absolute Gasteiger partial charge is 0.270 e. The molecule has 0 atom stereocenters. The standard InChI is InChI=1S/C25H26ClN5O3/c1-16(2)22-17(3)27-23(18-7-5-4-6-8-18)28-24(22)29-11-13-30(14-12-29)25(32)20-10-9-19(31(33)34)15-21(20)26/h4-10,15-16H,11-14H2,1-3H3. The van der Waals surface area contributed by atoms with Gasteiger partial charge in [0.2, 0.25) is 0 Å². The van der Waals surface area contributed by atoms with E-state index in [1.165, 1.54) is 18.2 Å². The molecule has 8 nitrogen and oxygen atoms in total. The van der Waals surface area contributed by atoms with Gasteiger partial charge in [-0.2, -0.15) is 0 Å². The topological polar surface area (TPSA) is 92.5 Å². The fourth-order valence-electron chi connectivity index (χ4n) is 4.28. The third kappa shape index (κ3) is 4.72. The van der Waals surface area contributed by atoms with Crippen molar-refractivity contribution in [3.8, 4) is 11.4 Å². The number of nitro benzene ring substituents is 1. The third-order valence-corrected chi connectivity index (χ3v) is 6.30. The number of nitrogens with zero attached hydrogens (tertiary/aromatic N) is 5. The molecule has 9 heteroatoms. The molecule has 1 amide bonds. The normalized spacial score (nSPS) is 13.9. The SMILES string of the molecule is Cc1nc(-c2ccccc2)nc(N2CCN(C(=O)c3ccc([N+](=O)[O-])cc3Cl)CC2)c1C(C)C. The molecular weight excluding hydrogens is 454 g/mol. The van der Waals surface area contributed by atoms with Crippen LogP contribution in [0.25, 0.3) is 11.4 Å². The van der Waals surface area contributed by atoms with Crippen molar-refractivity contribution in [1.29, 1.82) is 0 Å². The van der Waals surface area contributed by atoms with Gasteiger partial charge in [0, 0.05) is 55.1 Å². The molecule has 1 fully saturated rings. The molecule has 176 valence electrons. The summed E-state index contributed by atoms with van der Waals surface area (Å²) >= 11 is 6.18. The second-order valence-corrected chi connectivity index (χ2v) is 9.00. The second kappa shape index (κ2) is 9.77. The van der Waals surface area contributed by atoms with Crippen LogP contribution < -0.4 is 4.90 Å². The lowest BCUT2D eigenvalue weighted by atomic mass is 10.0. The van der Waals surface area contributed by atoms with Crippen LogP contribution in [0.3, 0.4) is 0 Å². The largest absolute Gasteiger partial charge is 0.353 e. The van der Waals surface area contributed by atoms with Gasteiger partial charge in [0.05, 0.1) is 15.5 Å². The highest BCUT2D eigenvalue weighted by Gasteiger charge is 2.28. The summed E-state index contributed by atoms with van der Waals surface area (Å²) in [4.78, 5) is 37.1. The van der Waals surface area contributed by atoms with Gasteiger partial charge in [-0.05, 0) is 18.9 Å². The number of aromatic nitrogens is 2. The van der Waals surface area contributed by atoms with Crippen molar-refractivity contribution in [2.45, 2.75) is 26.7 Å². The minimum atomic E-state index is -0.529. The Hall–Kier alpha value is -3.52. The van der Waals surface area contributed by atoms with Crippen LogP contribution in [0.4, 0.5) is 11.5 Å². The highest BCUT2D eigenvalue weighted by Crippen LogP contribution is 2.32. The van der Waals surface area contributed by atoms with E-state index in [0.29, 0.717) is 32.0 Å². The van der Waals surface area contributed by atoms with Gasteiger partial charge in [0.15, 0.2) is 5.82 Å². The van der Waals surface area contributed by atoms with Crippen molar-refractivity contribution in [3.63, 3.8) is 0 Å². The van der Waals surface area contributed by atoms with Crippen molar-refractivity contribution in [2.75, 3.05) is 31.1 Å². The summed E-state index contributed by atoms with van der Waals surface area (Å²) in [6, 6.07) is 13.8. The maximum atomic E-state index is 13.0. The number of carbonyl (C=O) groups is 1. The van der Waals surface area contributed by atoms with E-state index < -0.39 is 4.92 Å². The highest BCUT2D eigenvalue weighted by atomic mass is 35.5. The molecule has 34 heavy (non-hydrogen) atoms. The number of hydrogen-bond acceptors (Lipinski definition) is 6. The van der Waals surface area contributed by atoms with E-state index in [0.717, 1.165) is 22.6 Å². The van der Waals surface area contributed by atoms with Crippen molar-refractivity contribution < 1.29 is 9.72 Å². The van der Waals surface area contributed by atoms with Crippen molar-refractivity contribution in [3.05, 3.63) is 80.5 Å². The first-order chi connectivity index (χ1) is 16.3. The van der Waals surface area contributed by atoms with Crippen LogP contribution in [0.1, 0.15) is 41.4 Å². The number of halogens is 1. The molecule has 0 N–H and O–H groups in total. The van der Waals surface area contributed by atoms with Gasteiger partial charge in [0.25, 0.3) is 11.6 Å². The Balaban J connectivity index is 1.56. The molecule has 1 saturated heterocycles. The molecule has 1 aliphatic rings. The number of hydrogen-bond donors (Lipinski definition) is 0. The predicted octanol–water partition coefficient (Wildman–Crippen LogP) is 5.10. The number of benzene rings is 2. The number of rotatable bonds is 5. The van der Waals surface area contributed by atoms with Crippen molar-refractivity contribution >= 4 is 29.0 Å². The molecular formula is C25H26ClN5O3. The van der Waals surface area contributed by atoms with Gasteiger partial charge in [-0.3, -0.25) is 14.9 Å². The van der Waals surface area contributed by atoms with E-state index in [9.17, 15) is 14.9 Å². The third-order valence-electron chi connectivity index (χ3n) is 5.99. The minimum absolute atomic E-state index is 0.0858. The average molecular weight is 480 g/mol. The van der Waals surface area contributed by atoms with Gasteiger partial charge >= 0.3 is 0 Å². The number of amides is 1. The van der Waals surface area contributed by atoms with Crippen LogP contribution in [-0.2, 0) is 0 Å². The van der Waals surface area contributed by atoms with Gasteiger partial charge in [0.1, 0.15) is 5.82 Å². The fourth-order valence-corrected chi connectivity index (χ4v) is 4.54. The molecule has 0 spiro atoms. The van der Waals surface area contributed by atoms with E-state index in [1.54, 1.807) is 4.90 Å². The number of aryl methyl sites for hydroxylation is 1. The molecule has 1 aromatic heterocycles. The summed E-state index contributed by atoms with van der Waals surface area (Å²) in [5.41, 5.74) is 3.16. The van der Waals surface area contributed by atoms with Gasteiger partial charge in [-0.1, -0.05) is 55.8 Å². The lowest BCUT2D eigenvalue weighted by Gasteiger charge is -2.37. The molecule has 2 heterocycles. The van der Waals surface area contributed by atoms with Crippen LogP contribution in [0.15, 0.2) is 48.5 Å². The summed E-state index contributed by atoms with van der Waals surface area (Å²) in [7, 11) is 0. The van der Waals surface area contributed by atoms with Gasteiger partial charge < -0.3 is 9.80 Å². The lowest BCUT2D eigenvalue weighted by Crippen LogP contribution is -2.49. The number of carbonyl (C=O) groups excluding carboxylic acids is 1. The monoisotopic (exact) mass is 479 g/mol. The van der Waals surface area contributed by atoms with Gasteiger partial charge in [-0.25, -0.2) is 9.97 Å². The lowest BCUT2D eigenvalue weighted by molar-refractivity contribution is -0.384. The summed E-state index contributed by atoms with van der Waals surface area (Å²) in [5.74, 6) is 1.61. The summed E-state index contributed by atoms with van der Waals surface area (Å²) in [6.07, 6.45) is 0. The van der Waals surface area contributed by atoms with Gasteiger partial charge in [-0.15, -0.1) is 0 Å². The summed E-state index contributed by atoms with van der Waals surface area (Å²) in [6.45, 7) is 8.49. The molecule has 1 aliphatic heterocycles. The van der Waals surface area contributed by atoms with Crippen LogP contribution in [-0.4, -0.2) is 51.9 Å².